The summed E-state index contributed by atoms with van der Waals surface area (Å²) in [6.07, 6.45) is -0.182. The van der Waals surface area contributed by atoms with Gasteiger partial charge in [0.1, 0.15) is 36.3 Å². The van der Waals surface area contributed by atoms with Crippen molar-refractivity contribution in [2.45, 2.75) is 77.6 Å². The van der Waals surface area contributed by atoms with Crippen molar-refractivity contribution < 1.29 is 98.6 Å². The van der Waals surface area contributed by atoms with Gasteiger partial charge in [-0.25, -0.2) is 45.9 Å². The summed E-state index contributed by atoms with van der Waals surface area (Å²) in [5.74, 6) is -1.26. The van der Waals surface area contributed by atoms with Crippen LogP contribution >= 0.6 is 0 Å². The number of fused-ring (bicyclic) bond motifs is 4. The number of hydrogen-bond donors (Lipinski definition) is 7. The lowest BCUT2D eigenvalue weighted by atomic mass is 10.1. The molecule has 0 radical (unpaired) electrons. The number of morpholine rings is 4. The van der Waals surface area contributed by atoms with Crippen LogP contribution in [-0.2, 0) is 67.6 Å². The van der Waals surface area contributed by atoms with E-state index in [-0.39, 0.29) is 133 Å². The average Bonchev–Trinajstić information content (AvgIpc) is 1.62. The molecule has 5 fully saturated rings. The van der Waals surface area contributed by atoms with Crippen molar-refractivity contribution in [2.24, 2.45) is 0 Å². The van der Waals surface area contributed by atoms with Gasteiger partial charge < -0.3 is 72.1 Å². The van der Waals surface area contributed by atoms with Gasteiger partial charge in [0.2, 0.25) is 23.8 Å². The van der Waals surface area contributed by atoms with Crippen LogP contribution in [0.2, 0.25) is 0 Å². The van der Waals surface area contributed by atoms with Crippen LogP contribution in [0.4, 0.5) is 64.1 Å². The molecule has 35 nitrogen and oxygen atoms in total. The van der Waals surface area contributed by atoms with Gasteiger partial charge in [-0.3, -0.25) is 64.6 Å². The van der Waals surface area contributed by atoms with Crippen LogP contribution in [0.5, 0.6) is 0 Å². The van der Waals surface area contributed by atoms with Crippen LogP contribution in [0.3, 0.4) is 0 Å². The van der Waals surface area contributed by atoms with Gasteiger partial charge in [0, 0.05) is 135 Å². The number of aliphatic hydroxyl groups is 3. The van der Waals surface area contributed by atoms with Gasteiger partial charge in [-0.2, -0.15) is 5.26 Å². The number of aryl methyl sites for hydroxylation is 4. The van der Waals surface area contributed by atoms with E-state index in [0.29, 0.717) is 183 Å². The molecule has 10 heterocycles. The number of alkyl halides is 4. The molecule has 17 rings (SSSR count). The molecule has 0 aliphatic carbocycles. The summed E-state index contributed by atoms with van der Waals surface area (Å²) >= 11 is 0. The van der Waals surface area contributed by atoms with Crippen LogP contribution in [0.1, 0.15) is 115 Å². The highest BCUT2D eigenvalue weighted by Gasteiger charge is 2.32. The number of ether oxygens (including phenoxy) is 4. The van der Waals surface area contributed by atoms with Crippen LogP contribution in [0, 0.1) is 18.3 Å². The van der Waals surface area contributed by atoms with E-state index in [1.807, 2.05) is 52.5 Å². The lowest BCUT2D eigenvalue weighted by Crippen LogP contribution is -2.41. The number of sulfone groups is 1. The molecule has 5 aliphatic rings. The Hall–Kier alpha value is -13.8. The first-order valence-electron chi connectivity index (χ1n) is 41.4. The van der Waals surface area contributed by atoms with Crippen molar-refractivity contribution in [3.8, 4) is 6.07 Å². The number of nitriles is 1. The molecule has 129 heavy (non-hydrogen) atoms. The molecular weight excluding hydrogens is 1700 g/mol. The molecule has 8 amide bonds. The Bertz CT molecular complexity index is 6350. The number of rotatable bonds is 24. The van der Waals surface area contributed by atoms with Crippen molar-refractivity contribution in [3.63, 3.8) is 0 Å². The monoisotopic (exact) mass is 1790 g/mol. The molecule has 7 N–H and O–H groups in total. The van der Waals surface area contributed by atoms with Crippen molar-refractivity contribution >= 4 is 148 Å². The second kappa shape index (κ2) is 41.8. The minimum Gasteiger partial charge on any atom is -0.396 e. The van der Waals surface area contributed by atoms with E-state index in [1.54, 1.807) is 102 Å². The SMILES string of the molecule is Cc1ccc(C(=O)Nc2nc3cc(N4CCOCC4=O)ccc3n2CCCO)cc1C#N.O=C(Nc1nc2cc(N3CCOCC3=O)ccc2n1C1CCS(=O)(=O)CC1)c1cccc(C(F)F)c1.O=C(Nc1nc2cc(N3CCOCC3=O)ccc2n1CCCO)c1cccc(C(F)F)c1.O=C(Nc1nc2cc(N3CCOCC3=O)ccc2n1CCCO)c1cccnc1. The molecule has 0 unspecified atom stereocenters. The normalized spacial score (nSPS) is 15.4. The molecule has 40 heteroatoms. The number of halogens is 4. The molecule has 0 spiro atoms. The van der Waals surface area contributed by atoms with Gasteiger partial charge in [0.15, 0.2) is 0 Å². The Morgan fingerprint density at radius 1 is 0.457 bits per heavy atom. The quantitative estimate of drug-likeness (QED) is 0.0276. The third-order valence-electron chi connectivity index (χ3n) is 21.8. The van der Waals surface area contributed by atoms with Gasteiger partial charge in [-0.05, 0) is 166 Å². The zero-order valence-corrected chi connectivity index (χ0v) is 70.6. The first-order valence-corrected chi connectivity index (χ1v) is 43.2. The Morgan fingerprint density at radius 3 is 1.16 bits per heavy atom. The summed E-state index contributed by atoms with van der Waals surface area (Å²) in [5.41, 5.74) is 9.69. The Kier molecular flexibility index (Phi) is 29.6. The van der Waals surface area contributed by atoms with Gasteiger partial charge in [0.05, 0.1) is 99.3 Å². The van der Waals surface area contributed by atoms with E-state index in [0.717, 1.165) is 34.4 Å². The average molecular weight is 1790 g/mol. The number of benzene rings is 7. The third kappa shape index (κ3) is 21.7. The minimum atomic E-state index is -3.13. The van der Waals surface area contributed by atoms with E-state index in [1.165, 1.54) is 42.6 Å². The molecule has 7 aromatic carbocycles. The van der Waals surface area contributed by atoms with Crippen molar-refractivity contribution in [1.29, 1.82) is 5.26 Å². The maximum Gasteiger partial charge on any atom is 0.263 e. The molecule has 0 saturated carbocycles. The summed E-state index contributed by atoms with van der Waals surface area (Å²) in [4.78, 5) is 129. The third-order valence-corrected chi connectivity index (χ3v) is 23.5. The van der Waals surface area contributed by atoms with E-state index in [9.17, 15) is 84.9 Å². The number of aliphatic hydroxyl groups excluding tert-OH is 3. The van der Waals surface area contributed by atoms with E-state index < -0.39 is 34.5 Å². The standard InChI is InChI=1S/C24H24F2N4O5S.C23H23N5O4.C22H22F2N4O4.C20H21N5O4/c25-22(26)15-2-1-3-16(12-15)23(32)28-24-27-19-13-18(29-8-9-35-14-21(29)31)4-5-20(19)30(24)17-6-10-36(33,34)11-7-17;1-15-3-4-16(11-17(15)13-24)22(31)26-23-25-19-12-18(27-8-10-32-14-21(27)30)5-6-20(19)28(23)7-2-9-29;23-20(24)14-3-1-4-15(11-14)21(31)26-22-25-17-12-16(27-8-10-32-13-19(27)30)5-6-18(17)28(22)7-2-9-29;26-9-2-7-25-17-5-4-15(24-8-10-29-13-18(24)27)11-16(17)22-20(25)23-19(28)14-3-1-6-21-12-14/h1-5,12-13,17,22H,6-11,14H2,(H,27,28,32);3-6,11-12,29H,2,7-10,14H2,1H3,(H,25,26,31);1,3-6,11-12,20,29H,2,7-10,13H2,(H,25,26,31);1,3-6,11-12,26H,2,7-10,13H2,(H,22,23,28). The molecule has 672 valence electrons. The number of pyridine rings is 1. The molecule has 5 aromatic heterocycles. The number of nitrogens with one attached hydrogen (secondary N) is 4. The Morgan fingerprint density at radius 2 is 0.806 bits per heavy atom. The highest BCUT2D eigenvalue weighted by atomic mass is 32.2. The second-order valence-corrected chi connectivity index (χ2v) is 32.6. The topological polar surface area (TPSA) is 437 Å². The number of imidazole rings is 4. The minimum absolute atomic E-state index is 0.00306. The summed E-state index contributed by atoms with van der Waals surface area (Å²) in [5, 5.41) is 48.1. The maximum atomic E-state index is 13.1. The highest BCUT2D eigenvalue weighted by Crippen LogP contribution is 2.37. The first kappa shape index (κ1) is 91.4. The van der Waals surface area contributed by atoms with Crippen LogP contribution in [0.25, 0.3) is 44.1 Å². The zero-order valence-electron chi connectivity index (χ0n) is 69.7. The molecule has 5 saturated heterocycles. The Balaban J connectivity index is 0.000000139. The number of aromatic nitrogens is 9. The highest BCUT2D eigenvalue weighted by molar-refractivity contribution is 7.91. The number of nitrogens with zero attached hydrogens (tertiary/aromatic N) is 14. The number of anilines is 8. The van der Waals surface area contributed by atoms with Gasteiger partial charge in [-0.1, -0.05) is 30.3 Å². The molecular formula is C89H90F4N18O17S. The van der Waals surface area contributed by atoms with E-state index >= 15 is 0 Å². The van der Waals surface area contributed by atoms with Crippen LogP contribution < -0.4 is 40.9 Å². The molecule has 0 bridgehead atoms. The number of carbonyl (C=O) groups excluding carboxylic acids is 8. The predicted molar refractivity (Wildman–Crippen MR) is 468 cm³/mol. The lowest BCUT2D eigenvalue weighted by molar-refractivity contribution is -0.126. The van der Waals surface area contributed by atoms with Crippen LogP contribution in [0.15, 0.2) is 164 Å². The smallest absolute Gasteiger partial charge is 0.263 e. The number of carbonyl (C=O) groups is 8. The van der Waals surface area contributed by atoms with E-state index in [2.05, 4.69) is 52.3 Å². The maximum absolute atomic E-state index is 13.1. The van der Waals surface area contributed by atoms with Crippen molar-refractivity contribution in [2.75, 3.05) is 151 Å². The van der Waals surface area contributed by atoms with Crippen molar-refractivity contribution in [1.82, 2.24) is 43.2 Å². The first-order chi connectivity index (χ1) is 62.4. The zero-order chi connectivity index (χ0) is 91.0. The van der Waals surface area contributed by atoms with Gasteiger partial charge in [-0.15, -0.1) is 0 Å². The predicted octanol–water partition coefficient (Wildman–Crippen LogP) is 9.95. The Labute approximate surface area is 734 Å². The summed E-state index contributed by atoms with van der Waals surface area (Å²) < 4.78 is 104. The summed E-state index contributed by atoms with van der Waals surface area (Å²) in [6, 6.07) is 42.3. The van der Waals surface area contributed by atoms with Crippen molar-refractivity contribution in [3.05, 3.63) is 209 Å². The van der Waals surface area contributed by atoms with Crippen LogP contribution in [-0.4, -0.2) is 225 Å². The molecule has 12 aromatic rings. The van der Waals surface area contributed by atoms with E-state index in [4.69, 9.17) is 18.9 Å². The second-order valence-electron chi connectivity index (χ2n) is 30.3. The van der Waals surface area contributed by atoms with Gasteiger partial charge >= 0.3 is 0 Å². The largest absolute Gasteiger partial charge is 0.396 e. The molecule has 0 atom stereocenters. The fraction of sp³-hybridized carbons (Fsp3) is 0.326. The summed E-state index contributed by atoms with van der Waals surface area (Å²) in [6.45, 7) is 6.81. The fourth-order valence-electron chi connectivity index (χ4n) is 15.2. The molecule has 5 aliphatic heterocycles. The van der Waals surface area contributed by atoms with Gasteiger partial charge in [0.25, 0.3) is 60.1 Å². The summed E-state index contributed by atoms with van der Waals surface area (Å²) in [7, 11) is -3.13. The number of amides is 8. The number of hydrogen-bond acceptors (Lipinski definition) is 23. The lowest BCUT2D eigenvalue weighted by Gasteiger charge is -2.27. The fourth-order valence-corrected chi connectivity index (χ4v) is 16.7.